The normalized spacial score (nSPS) is 12.6. The molecule has 0 atom stereocenters. The number of fused-ring (bicyclic) bond motifs is 1. The van der Waals surface area contributed by atoms with Crippen LogP contribution in [0.4, 0.5) is 5.69 Å². The van der Waals surface area contributed by atoms with Crippen LogP contribution in [0.3, 0.4) is 0 Å². The molecule has 0 radical (unpaired) electrons. The van der Waals surface area contributed by atoms with E-state index in [0.29, 0.717) is 17.4 Å². The Balaban J connectivity index is 1.69. The molecule has 3 aromatic rings. The molecular formula is C20H19ClN4O2. The van der Waals surface area contributed by atoms with E-state index in [1.54, 1.807) is 28.8 Å². The summed E-state index contributed by atoms with van der Waals surface area (Å²) in [6, 6.07) is 11.1. The summed E-state index contributed by atoms with van der Waals surface area (Å²) in [5.74, 6) is 1.16. The number of nitrogens with zero attached hydrogens (tertiary/aromatic N) is 4. The van der Waals surface area contributed by atoms with E-state index in [1.165, 1.54) is 0 Å². The number of aromatic nitrogens is 3. The predicted molar refractivity (Wildman–Crippen MR) is 104 cm³/mol. The van der Waals surface area contributed by atoms with Crippen molar-refractivity contribution in [2.24, 2.45) is 0 Å². The number of hydrogen-bond donors (Lipinski definition) is 0. The second kappa shape index (κ2) is 6.70. The molecule has 27 heavy (non-hydrogen) atoms. The molecule has 1 amide bonds. The smallest absolute Gasteiger partial charge is 0.278 e. The number of aryl methyl sites for hydroxylation is 2. The average Bonchev–Trinajstić information content (AvgIpc) is 3.26. The van der Waals surface area contributed by atoms with Gasteiger partial charge < -0.3 is 9.64 Å². The number of ether oxygens (including phenoxy) is 1. The van der Waals surface area contributed by atoms with Gasteiger partial charge in [-0.05, 0) is 55.8 Å². The van der Waals surface area contributed by atoms with E-state index in [9.17, 15) is 4.79 Å². The lowest BCUT2D eigenvalue weighted by Crippen LogP contribution is -2.28. The molecule has 7 heteroatoms. The zero-order chi connectivity index (χ0) is 19.1. The number of halogens is 1. The number of anilines is 1. The van der Waals surface area contributed by atoms with Gasteiger partial charge in [-0.15, -0.1) is 0 Å². The molecule has 2 aromatic heterocycles. The summed E-state index contributed by atoms with van der Waals surface area (Å²) in [4.78, 5) is 19.1. The summed E-state index contributed by atoms with van der Waals surface area (Å²) in [6.07, 6.45) is 0.845. The van der Waals surface area contributed by atoms with Gasteiger partial charge in [-0.3, -0.25) is 4.79 Å². The van der Waals surface area contributed by atoms with E-state index >= 15 is 0 Å². The van der Waals surface area contributed by atoms with Crippen LogP contribution in [-0.4, -0.2) is 34.3 Å². The van der Waals surface area contributed by atoms with Crippen LogP contribution in [0.25, 0.3) is 5.82 Å². The first-order chi connectivity index (χ1) is 12.9. The Kier molecular flexibility index (Phi) is 4.36. The first kappa shape index (κ1) is 17.5. The quantitative estimate of drug-likeness (QED) is 0.692. The Morgan fingerprint density at radius 1 is 1.22 bits per heavy atom. The minimum Gasteiger partial charge on any atom is -0.493 e. The van der Waals surface area contributed by atoms with Crippen molar-refractivity contribution in [2.75, 3.05) is 18.6 Å². The lowest BCUT2D eigenvalue weighted by atomic mass is 10.1. The summed E-state index contributed by atoms with van der Waals surface area (Å²) in [5, 5.41) is 4.73. The van der Waals surface area contributed by atoms with E-state index < -0.39 is 0 Å². The van der Waals surface area contributed by atoms with Gasteiger partial charge in [0.1, 0.15) is 11.4 Å². The number of benzene rings is 1. The van der Waals surface area contributed by atoms with E-state index in [-0.39, 0.29) is 11.6 Å². The largest absolute Gasteiger partial charge is 0.493 e. The third-order valence-electron chi connectivity index (χ3n) is 4.63. The maximum absolute atomic E-state index is 13.1. The van der Waals surface area contributed by atoms with Crippen LogP contribution in [0, 0.1) is 13.8 Å². The first-order valence-corrected chi connectivity index (χ1v) is 9.06. The van der Waals surface area contributed by atoms with Gasteiger partial charge >= 0.3 is 0 Å². The maximum Gasteiger partial charge on any atom is 0.278 e. The number of carbonyl (C=O) groups is 1. The molecule has 0 aliphatic carbocycles. The van der Waals surface area contributed by atoms with Crippen LogP contribution in [0.15, 0.2) is 36.4 Å². The molecule has 3 heterocycles. The van der Waals surface area contributed by atoms with Crippen molar-refractivity contribution < 1.29 is 9.53 Å². The fourth-order valence-electron chi connectivity index (χ4n) is 3.22. The topological polar surface area (TPSA) is 60.2 Å². The molecule has 6 nitrogen and oxygen atoms in total. The zero-order valence-electron chi connectivity index (χ0n) is 15.4. The van der Waals surface area contributed by atoms with Crippen molar-refractivity contribution in [3.05, 3.63) is 64.1 Å². The summed E-state index contributed by atoms with van der Waals surface area (Å²) >= 11 is 6.29. The molecule has 0 spiro atoms. The van der Waals surface area contributed by atoms with Crippen molar-refractivity contribution in [3.63, 3.8) is 0 Å². The van der Waals surface area contributed by atoms with Crippen molar-refractivity contribution >= 4 is 23.2 Å². The SMILES string of the molecule is Cc1cc(C)n(-c2ccc(Cl)c(C(=O)N(C)c3ccc4c(c3)CCO4)n2)n1. The van der Waals surface area contributed by atoms with Gasteiger partial charge in [-0.2, -0.15) is 5.10 Å². The third-order valence-corrected chi connectivity index (χ3v) is 4.93. The molecule has 0 saturated carbocycles. The molecular weight excluding hydrogens is 364 g/mol. The number of carbonyl (C=O) groups excluding carboxylic acids is 1. The number of rotatable bonds is 3. The lowest BCUT2D eigenvalue weighted by molar-refractivity contribution is 0.0988. The van der Waals surface area contributed by atoms with E-state index in [2.05, 4.69) is 10.1 Å². The highest BCUT2D eigenvalue weighted by Crippen LogP contribution is 2.30. The van der Waals surface area contributed by atoms with Gasteiger partial charge in [-0.1, -0.05) is 11.6 Å². The van der Waals surface area contributed by atoms with Crippen LogP contribution in [0.1, 0.15) is 27.4 Å². The van der Waals surface area contributed by atoms with Gasteiger partial charge in [-0.25, -0.2) is 9.67 Å². The molecule has 1 aliphatic rings. The second-order valence-corrected chi connectivity index (χ2v) is 7.00. The van der Waals surface area contributed by atoms with Crippen LogP contribution in [0.2, 0.25) is 5.02 Å². The highest BCUT2D eigenvalue weighted by Gasteiger charge is 2.22. The van der Waals surface area contributed by atoms with Crippen molar-refractivity contribution in [1.29, 1.82) is 0 Å². The van der Waals surface area contributed by atoms with Gasteiger partial charge in [0.25, 0.3) is 5.91 Å². The molecule has 0 bridgehead atoms. The number of hydrogen-bond acceptors (Lipinski definition) is 4. The standard InChI is InChI=1S/C20H19ClN4O2/c1-12-10-13(2)25(23-12)18-7-5-16(21)19(22-18)20(26)24(3)15-4-6-17-14(11-15)8-9-27-17/h4-7,10-11H,8-9H2,1-3H3. The molecule has 0 fully saturated rings. The van der Waals surface area contributed by atoms with E-state index in [4.69, 9.17) is 16.3 Å². The Labute approximate surface area is 162 Å². The molecule has 4 rings (SSSR count). The zero-order valence-corrected chi connectivity index (χ0v) is 16.1. The van der Waals surface area contributed by atoms with Gasteiger partial charge in [0.2, 0.25) is 0 Å². The highest BCUT2D eigenvalue weighted by molar-refractivity contribution is 6.34. The van der Waals surface area contributed by atoms with Gasteiger partial charge in [0, 0.05) is 24.8 Å². The minimum absolute atomic E-state index is 0.195. The predicted octanol–water partition coefficient (Wildman–Crippen LogP) is 3.75. The number of amides is 1. The van der Waals surface area contributed by atoms with Crippen molar-refractivity contribution in [1.82, 2.24) is 14.8 Å². The molecule has 1 aromatic carbocycles. The molecule has 0 N–H and O–H groups in total. The Morgan fingerprint density at radius 3 is 2.78 bits per heavy atom. The fourth-order valence-corrected chi connectivity index (χ4v) is 3.40. The van der Waals surface area contributed by atoms with Crippen molar-refractivity contribution in [2.45, 2.75) is 20.3 Å². The Hall–Kier alpha value is -2.86. The fraction of sp³-hybridized carbons (Fsp3) is 0.250. The second-order valence-electron chi connectivity index (χ2n) is 6.59. The molecule has 0 unspecified atom stereocenters. The van der Waals surface area contributed by atoms with Crippen LogP contribution in [-0.2, 0) is 6.42 Å². The summed E-state index contributed by atoms with van der Waals surface area (Å²) in [6.45, 7) is 4.53. The van der Waals surface area contributed by atoms with Crippen LogP contribution in [0.5, 0.6) is 5.75 Å². The maximum atomic E-state index is 13.1. The summed E-state index contributed by atoms with van der Waals surface area (Å²) in [7, 11) is 1.72. The molecule has 138 valence electrons. The Bertz CT molecular complexity index is 1040. The van der Waals surface area contributed by atoms with Crippen molar-refractivity contribution in [3.8, 4) is 11.6 Å². The summed E-state index contributed by atoms with van der Waals surface area (Å²) in [5.41, 5.74) is 3.89. The third kappa shape index (κ3) is 3.17. The Morgan fingerprint density at radius 2 is 2.04 bits per heavy atom. The van der Waals surface area contributed by atoms with Crippen LogP contribution < -0.4 is 9.64 Å². The summed E-state index contributed by atoms with van der Waals surface area (Å²) < 4.78 is 7.23. The minimum atomic E-state index is -0.276. The highest BCUT2D eigenvalue weighted by atomic mass is 35.5. The lowest BCUT2D eigenvalue weighted by Gasteiger charge is -2.18. The molecule has 0 saturated heterocycles. The van der Waals surface area contributed by atoms with E-state index in [1.807, 2.05) is 38.1 Å². The number of pyridine rings is 1. The van der Waals surface area contributed by atoms with Crippen LogP contribution >= 0.6 is 11.6 Å². The molecule has 1 aliphatic heterocycles. The van der Waals surface area contributed by atoms with Gasteiger partial charge in [0.15, 0.2) is 5.82 Å². The monoisotopic (exact) mass is 382 g/mol. The van der Waals surface area contributed by atoms with Gasteiger partial charge in [0.05, 0.1) is 17.3 Å². The first-order valence-electron chi connectivity index (χ1n) is 8.68. The van der Waals surface area contributed by atoms with E-state index in [0.717, 1.165) is 34.8 Å². The average molecular weight is 383 g/mol.